The maximum Gasteiger partial charge on any atom is 0.416 e. The Bertz CT molecular complexity index is 1260. The largest absolute Gasteiger partial charge is 0.416 e. The second-order valence-corrected chi connectivity index (χ2v) is 10.1. The minimum absolute atomic E-state index is 0.0727. The number of sulfonamides is 1. The molecule has 0 unspecified atom stereocenters. The molecule has 2 aromatic rings. The quantitative estimate of drug-likeness (QED) is 0.474. The number of anilines is 2. The molecule has 1 saturated heterocycles. The molecule has 0 aliphatic carbocycles. The molecule has 34 heavy (non-hydrogen) atoms. The fourth-order valence-electron chi connectivity index (χ4n) is 4.30. The fraction of sp³-hybridized carbons (Fsp3) is 0.381. The van der Waals surface area contributed by atoms with Crippen molar-refractivity contribution in [2.24, 2.45) is 0 Å². The number of fused-ring (bicyclic) bond motifs is 1. The van der Waals surface area contributed by atoms with E-state index in [1.807, 2.05) is 0 Å². The van der Waals surface area contributed by atoms with E-state index in [0.29, 0.717) is 30.3 Å². The number of hydrogen-bond acceptors (Lipinski definition) is 6. The van der Waals surface area contributed by atoms with E-state index in [2.05, 4.69) is 0 Å². The van der Waals surface area contributed by atoms with Crippen molar-refractivity contribution in [2.75, 3.05) is 48.2 Å². The lowest BCUT2D eigenvalue weighted by atomic mass is 10.1. The normalized spacial score (nSPS) is 16.5. The predicted molar refractivity (Wildman–Crippen MR) is 119 cm³/mol. The minimum Gasteiger partial charge on any atom is -0.362 e. The zero-order valence-corrected chi connectivity index (χ0v) is 18.9. The van der Waals surface area contributed by atoms with Crippen LogP contribution < -0.4 is 9.21 Å². The number of nitro groups is 1. The van der Waals surface area contributed by atoms with Crippen molar-refractivity contribution in [3.05, 3.63) is 63.2 Å². The topological polar surface area (TPSA) is 104 Å². The highest BCUT2D eigenvalue weighted by Gasteiger charge is 2.35. The molecule has 1 amide bonds. The van der Waals surface area contributed by atoms with E-state index >= 15 is 0 Å². The van der Waals surface area contributed by atoms with Gasteiger partial charge in [0, 0.05) is 44.4 Å². The van der Waals surface area contributed by atoms with Crippen LogP contribution in [0.2, 0.25) is 0 Å². The Hall–Kier alpha value is -3.35. The Kier molecular flexibility index (Phi) is 5.92. The number of piperazine rings is 1. The molecule has 4 rings (SSSR count). The van der Waals surface area contributed by atoms with Gasteiger partial charge in [0.2, 0.25) is 10.0 Å². The number of carbonyl (C=O) groups is 1. The first kappa shape index (κ1) is 23.8. The van der Waals surface area contributed by atoms with Crippen LogP contribution in [0, 0.1) is 10.1 Å². The second-order valence-electron chi connectivity index (χ2n) is 8.17. The van der Waals surface area contributed by atoms with Crippen LogP contribution in [0.5, 0.6) is 0 Å². The van der Waals surface area contributed by atoms with E-state index in [0.717, 1.165) is 24.0 Å². The van der Waals surface area contributed by atoms with E-state index in [1.165, 1.54) is 4.31 Å². The molecule has 13 heteroatoms. The van der Waals surface area contributed by atoms with Crippen LogP contribution in [0.3, 0.4) is 0 Å². The van der Waals surface area contributed by atoms with Crippen molar-refractivity contribution in [3.63, 3.8) is 0 Å². The molecule has 0 N–H and O–H groups in total. The van der Waals surface area contributed by atoms with Gasteiger partial charge < -0.3 is 9.80 Å². The molecule has 0 bridgehead atoms. The number of halogens is 3. The van der Waals surface area contributed by atoms with Crippen LogP contribution in [0.1, 0.15) is 21.5 Å². The number of nitro benzene ring substituents is 1. The predicted octanol–water partition coefficient (Wildman–Crippen LogP) is 2.90. The molecule has 2 aliphatic heterocycles. The van der Waals surface area contributed by atoms with Crippen molar-refractivity contribution in [1.82, 2.24) is 4.90 Å². The standard InChI is InChI=1S/C21H21F3N4O5S/c1-34(32,33)27-7-6-14-12-15(2-4-17(14)27)20(29)26-10-8-25(9-11-26)18-5-3-16(21(22,23)24)13-19(18)28(30)31/h2-5,12-13H,6-11H2,1H3. The molecule has 1 fully saturated rings. The molecule has 0 saturated carbocycles. The van der Waals surface area contributed by atoms with E-state index in [9.17, 15) is 36.5 Å². The lowest BCUT2D eigenvalue weighted by molar-refractivity contribution is -0.384. The van der Waals surface area contributed by atoms with Crippen LogP contribution in [0.15, 0.2) is 36.4 Å². The maximum absolute atomic E-state index is 13.0. The summed E-state index contributed by atoms with van der Waals surface area (Å²) in [5.74, 6) is -0.262. The first-order valence-corrected chi connectivity index (χ1v) is 12.2. The smallest absolute Gasteiger partial charge is 0.362 e. The summed E-state index contributed by atoms with van der Waals surface area (Å²) in [6, 6.07) is 7.28. The number of hydrogen-bond donors (Lipinski definition) is 0. The van der Waals surface area contributed by atoms with Gasteiger partial charge in [0.25, 0.3) is 11.6 Å². The molecular weight excluding hydrogens is 477 g/mol. The van der Waals surface area contributed by atoms with E-state index < -0.39 is 32.4 Å². The average Bonchev–Trinajstić information content (AvgIpc) is 3.21. The summed E-state index contributed by atoms with van der Waals surface area (Å²) in [5.41, 5.74) is 0.0618. The summed E-state index contributed by atoms with van der Waals surface area (Å²) < 4.78 is 64.0. The lowest BCUT2D eigenvalue weighted by Gasteiger charge is -2.36. The van der Waals surface area contributed by atoms with Crippen molar-refractivity contribution < 1.29 is 31.3 Å². The van der Waals surface area contributed by atoms with Gasteiger partial charge in [-0.15, -0.1) is 0 Å². The SMILES string of the molecule is CS(=O)(=O)N1CCc2cc(C(=O)N3CCN(c4ccc(C(F)(F)F)cc4[N+](=O)[O-])CC3)ccc21. The summed E-state index contributed by atoms with van der Waals surface area (Å²) in [7, 11) is -3.40. The van der Waals surface area contributed by atoms with Gasteiger partial charge in [-0.25, -0.2) is 8.42 Å². The number of carbonyl (C=O) groups excluding carboxylic acids is 1. The van der Waals surface area contributed by atoms with Crippen LogP contribution >= 0.6 is 0 Å². The molecule has 0 atom stereocenters. The molecule has 9 nitrogen and oxygen atoms in total. The molecule has 0 spiro atoms. The van der Waals surface area contributed by atoms with Gasteiger partial charge in [0.1, 0.15) is 5.69 Å². The summed E-state index contributed by atoms with van der Waals surface area (Å²) in [6.07, 6.45) is -3.07. The highest BCUT2D eigenvalue weighted by atomic mass is 32.2. The monoisotopic (exact) mass is 498 g/mol. The average molecular weight is 498 g/mol. The van der Waals surface area contributed by atoms with E-state index in [4.69, 9.17) is 0 Å². The van der Waals surface area contributed by atoms with Gasteiger partial charge in [0.15, 0.2) is 0 Å². The summed E-state index contributed by atoms with van der Waals surface area (Å²) in [6.45, 7) is 1.19. The summed E-state index contributed by atoms with van der Waals surface area (Å²) >= 11 is 0. The number of amides is 1. The number of rotatable bonds is 4. The molecule has 2 aliphatic rings. The fourth-order valence-corrected chi connectivity index (χ4v) is 5.25. The van der Waals surface area contributed by atoms with E-state index in [-0.39, 0.29) is 37.8 Å². The number of benzene rings is 2. The van der Waals surface area contributed by atoms with Gasteiger partial charge in [-0.2, -0.15) is 13.2 Å². The Balaban J connectivity index is 1.48. The molecular formula is C21H21F3N4O5S. The van der Waals surface area contributed by atoms with Gasteiger partial charge in [-0.1, -0.05) is 0 Å². The van der Waals surface area contributed by atoms with Crippen molar-refractivity contribution in [2.45, 2.75) is 12.6 Å². The zero-order chi connectivity index (χ0) is 24.8. The number of nitrogens with zero attached hydrogens (tertiary/aromatic N) is 4. The molecule has 0 aromatic heterocycles. The maximum atomic E-state index is 13.0. The van der Waals surface area contributed by atoms with E-state index in [1.54, 1.807) is 28.0 Å². The first-order chi connectivity index (χ1) is 15.9. The highest BCUT2D eigenvalue weighted by Crippen LogP contribution is 2.37. The van der Waals surface area contributed by atoms with Crippen LogP contribution in [0.25, 0.3) is 0 Å². The second kappa shape index (κ2) is 8.46. The molecule has 2 heterocycles. The van der Waals surface area contributed by atoms with Crippen LogP contribution in [0.4, 0.5) is 30.2 Å². The Labute approximate surface area is 193 Å². The van der Waals surface area contributed by atoms with Crippen molar-refractivity contribution >= 4 is 33.0 Å². The molecule has 182 valence electrons. The Morgan fingerprint density at radius 3 is 2.24 bits per heavy atom. The summed E-state index contributed by atoms with van der Waals surface area (Å²) in [4.78, 5) is 26.7. The third-order valence-electron chi connectivity index (χ3n) is 5.99. The number of alkyl halides is 3. The van der Waals surface area contributed by atoms with Crippen molar-refractivity contribution in [3.8, 4) is 0 Å². The Morgan fingerprint density at radius 1 is 1.00 bits per heavy atom. The molecule has 0 radical (unpaired) electrons. The lowest BCUT2D eigenvalue weighted by Crippen LogP contribution is -2.49. The van der Waals surface area contributed by atoms with Gasteiger partial charge in [-0.05, 0) is 42.3 Å². The molecule has 2 aromatic carbocycles. The van der Waals surface area contributed by atoms with Crippen molar-refractivity contribution in [1.29, 1.82) is 0 Å². The van der Waals surface area contributed by atoms with Crippen LogP contribution in [-0.2, 0) is 22.6 Å². The summed E-state index contributed by atoms with van der Waals surface area (Å²) in [5, 5.41) is 11.4. The van der Waals surface area contributed by atoms with Gasteiger partial charge in [-0.3, -0.25) is 19.2 Å². The van der Waals surface area contributed by atoms with Crippen LogP contribution in [-0.4, -0.2) is 63.1 Å². The third kappa shape index (κ3) is 4.52. The minimum atomic E-state index is -4.69. The first-order valence-electron chi connectivity index (χ1n) is 10.4. The van der Waals surface area contributed by atoms with Gasteiger partial charge >= 0.3 is 6.18 Å². The third-order valence-corrected chi connectivity index (χ3v) is 7.17. The Morgan fingerprint density at radius 2 is 1.65 bits per heavy atom. The van der Waals surface area contributed by atoms with Gasteiger partial charge in [0.05, 0.1) is 22.4 Å². The highest BCUT2D eigenvalue weighted by molar-refractivity contribution is 7.92. The zero-order valence-electron chi connectivity index (χ0n) is 18.1.